The van der Waals surface area contributed by atoms with Crippen LogP contribution in [-0.2, 0) is 4.84 Å². The molecule has 0 aliphatic carbocycles. The van der Waals surface area contributed by atoms with Crippen LogP contribution in [0.15, 0.2) is 24.5 Å². The zero-order valence-corrected chi connectivity index (χ0v) is 13.2. The Labute approximate surface area is 139 Å². The molecule has 1 aliphatic rings. The normalized spacial score (nSPS) is 19.6. The van der Waals surface area contributed by atoms with Crippen LogP contribution in [0, 0.1) is 0 Å². The van der Waals surface area contributed by atoms with Crippen LogP contribution in [0.4, 0.5) is 23.7 Å². The van der Waals surface area contributed by atoms with Crippen LogP contribution in [0.2, 0.25) is 5.02 Å². The lowest BCUT2D eigenvalue weighted by atomic mass is 10.1. The average Bonchev–Trinajstić information content (AvgIpc) is 2.97. The van der Waals surface area contributed by atoms with Crippen molar-refractivity contribution in [1.82, 2.24) is 10.8 Å². The first-order valence-electron chi connectivity index (χ1n) is 6.40. The molecular formula is C13H13ClF3N3O4. The summed E-state index contributed by atoms with van der Waals surface area (Å²) in [4.78, 5) is 16.3. The lowest BCUT2D eigenvalue weighted by molar-refractivity contribution is -0.203. The number of carbonyl (C=O) groups excluding carboxylic acids is 1. The summed E-state index contributed by atoms with van der Waals surface area (Å²) in [6, 6.07) is 1.51. The molecule has 1 unspecified atom stereocenters. The second kappa shape index (κ2) is 6.65. The van der Waals surface area contributed by atoms with Gasteiger partial charge in [0.15, 0.2) is 0 Å². The van der Waals surface area contributed by atoms with Gasteiger partial charge in [0.1, 0.15) is 17.8 Å². The number of hydroxylamine groups is 1. The van der Waals surface area contributed by atoms with E-state index in [2.05, 4.69) is 10.2 Å². The van der Waals surface area contributed by atoms with Gasteiger partial charge in [0.05, 0.1) is 24.9 Å². The molecule has 3 N–H and O–H groups in total. The largest absolute Gasteiger partial charge is 0.495 e. The van der Waals surface area contributed by atoms with E-state index >= 15 is 0 Å². The molecule has 24 heavy (non-hydrogen) atoms. The zero-order valence-electron chi connectivity index (χ0n) is 12.5. The Kier molecular flexibility index (Phi) is 4.99. The topological polar surface area (TPSA) is 80.9 Å². The Hall–Kier alpha value is -2.33. The summed E-state index contributed by atoms with van der Waals surface area (Å²) < 4.78 is 49.4. The van der Waals surface area contributed by atoms with Crippen molar-refractivity contribution in [2.45, 2.75) is 11.8 Å². The zero-order chi connectivity index (χ0) is 18.0. The van der Waals surface area contributed by atoms with Gasteiger partial charge < -0.3 is 24.9 Å². The number of halogens is 4. The molecule has 2 amide bonds. The summed E-state index contributed by atoms with van der Waals surface area (Å²) >= 11 is 5.94. The third-order valence-electron chi connectivity index (χ3n) is 3.09. The Morgan fingerprint density at radius 2 is 1.96 bits per heavy atom. The van der Waals surface area contributed by atoms with Crippen molar-refractivity contribution in [3.8, 4) is 11.5 Å². The van der Waals surface area contributed by atoms with Crippen LogP contribution in [0.1, 0.15) is 0 Å². The highest BCUT2D eigenvalue weighted by Crippen LogP contribution is 2.36. The van der Waals surface area contributed by atoms with Crippen LogP contribution in [-0.4, -0.2) is 32.1 Å². The van der Waals surface area contributed by atoms with E-state index in [4.69, 9.17) is 21.1 Å². The third-order valence-corrected chi connectivity index (χ3v) is 3.38. The highest BCUT2D eigenvalue weighted by Gasteiger charge is 2.57. The molecule has 1 aliphatic heterocycles. The molecule has 0 radical (unpaired) electrons. The van der Waals surface area contributed by atoms with E-state index in [0.29, 0.717) is 6.08 Å². The summed E-state index contributed by atoms with van der Waals surface area (Å²) in [6.45, 7) is 0. The van der Waals surface area contributed by atoms with E-state index < -0.39 is 17.9 Å². The summed E-state index contributed by atoms with van der Waals surface area (Å²) in [6.07, 6.45) is -3.43. The van der Waals surface area contributed by atoms with Crippen molar-refractivity contribution in [1.29, 1.82) is 0 Å². The molecular weight excluding hydrogens is 355 g/mol. The molecule has 0 spiro atoms. The van der Waals surface area contributed by atoms with Crippen LogP contribution >= 0.6 is 11.6 Å². The van der Waals surface area contributed by atoms with E-state index in [9.17, 15) is 18.0 Å². The number of carbonyl (C=O) groups is 1. The number of hydrogen-bond acceptors (Lipinski definition) is 5. The van der Waals surface area contributed by atoms with Gasteiger partial charge in [-0.05, 0) is 6.07 Å². The maximum absolute atomic E-state index is 13.1. The number of nitrogens with one attached hydrogen (secondary N) is 3. The molecule has 0 bridgehead atoms. The molecule has 0 saturated carbocycles. The number of alkyl halides is 3. The molecule has 132 valence electrons. The van der Waals surface area contributed by atoms with Crippen LogP contribution in [0.5, 0.6) is 11.5 Å². The summed E-state index contributed by atoms with van der Waals surface area (Å²) in [7, 11) is 2.70. The van der Waals surface area contributed by atoms with Crippen molar-refractivity contribution in [2.24, 2.45) is 0 Å². The fourth-order valence-electron chi connectivity index (χ4n) is 1.88. The Bertz CT molecular complexity index is 669. The van der Waals surface area contributed by atoms with Gasteiger partial charge >= 0.3 is 12.2 Å². The lowest BCUT2D eigenvalue weighted by Gasteiger charge is -2.29. The van der Waals surface area contributed by atoms with Gasteiger partial charge in [0, 0.05) is 12.1 Å². The van der Waals surface area contributed by atoms with Crippen molar-refractivity contribution < 1.29 is 32.3 Å². The molecule has 1 heterocycles. The van der Waals surface area contributed by atoms with E-state index in [1.807, 2.05) is 0 Å². The maximum Gasteiger partial charge on any atom is 0.432 e. The number of rotatable bonds is 4. The van der Waals surface area contributed by atoms with E-state index in [1.54, 1.807) is 10.8 Å². The molecule has 1 atom stereocenters. The van der Waals surface area contributed by atoms with Crippen molar-refractivity contribution in [2.75, 3.05) is 19.5 Å². The molecule has 1 aromatic carbocycles. The Morgan fingerprint density at radius 3 is 2.46 bits per heavy atom. The first kappa shape index (κ1) is 18.0. The number of ether oxygens (including phenoxy) is 2. The monoisotopic (exact) mass is 367 g/mol. The summed E-state index contributed by atoms with van der Waals surface area (Å²) in [5.41, 5.74) is -1.09. The lowest BCUT2D eigenvalue weighted by Crippen LogP contribution is -2.65. The summed E-state index contributed by atoms with van der Waals surface area (Å²) in [5, 5.41) is 4.13. The minimum Gasteiger partial charge on any atom is -0.495 e. The fourth-order valence-corrected chi connectivity index (χ4v) is 2.12. The predicted octanol–water partition coefficient (Wildman–Crippen LogP) is 2.79. The Morgan fingerprint density at radius 1 is 1.29 bits per heavy atom. The van der Waals surface area contributed by atoms with Gasteiger partial charge in [-0.1, -0.05) is 11.6 Å². The highest BCUT2D eigenvalue weighted by molar-refractivity contribution is 6.32. The van der Waals surface area contributed by atoms with Gasteiger partial charge in [-0.3, -0.25) is 0 Å². The minimum absolute atomic E-state index is 0.0565. The average molecular weight is 368 g/mol. The molecule has 1 aromatic rings. The second-order valence-corrected chi connectivity index (χ2v) is 5.00. The van der Waals surface area contributed by atoms with E-state index in [1.165, 1.54) is 26.4 Å². The van der Waals surface area contributed by atoms with Crippen LogP contribution in [0.25, 0.3) is 0 Å². The predicted molar refractivity (Wildman–Crippen MR) is 78.9 cm³/mol. The second-order valence-electron chi connectivity index (χ2n) is 4.59. The van der Waals surface area contributed by atoms with Gasteiger partial charge in [-0.15, -0.1) is 5.48 Å². The smallest absolute Gasteiger partial charge is 0.432 e. The SMILES string of the molecule is COc1cc(OC)c(NC(=O)NC2(C(F)(F)F)C=CON2)cc1Cl. The number of benzene rings is 1. The van der Waals surface area contributed by atoms with Crippen molar-refractivity contribution in [3.05, 3.63) is 29.5 Å². The first-order chi connectivity index (χ1) is 11.2. The number of anilines is 1. The first-order valence-corrected chi connectivity index (χ1v) is 6.78. The molecule has 7 nitrogen and oxygen atoms in total. The van der Waals surface area contributed by atoms with Crippen molar-refractivity contribution >= 4 is 23.3 Å². The quantitative estimate of drug-likeness (QED) is 0.762. The molecule has 0 saturated heterocycles. The molecule has 0 aromatic heterocycles. The standard InChI is InChI=1S/C13H13ClF3N3O4/c1-22-9-6-10(23-2)8(5-7(9)14)18-11(21)19-12(13(15,16)17)3-4-24-20-12/h3-6,20H,1-2H3,(H2,18,19,21). The van der Waals surface area contributed by atoms with Gasteiger partial charge in [0.2, 0.25) is 5.66 Å². The van der Waals surface area contributed by atoms with E-state index in [-0.39, 0.29) is 22.2 Å². The third kappa shape index (κ3) is 3.44. The molecule has 2 rings (SSSR count). The summed E-state index contributed by atoms with van der Waals surface area (Å²) in [5.74, 6) is 0.429. The maximum atomic E-state index is 13.1. The Balaban J connectivity index is 2.21. The van der Waals surface area contributed by atoms with E-state index in [0.717, 1.165) is 6.26 Å². The molecule has 0 fully saturated rings. The minimum atomic E-state index is -4.83. The molecule has 11 heteroatoms. The van der Waals surface area contributed by atoms with Gasteiger partial charge in [-0.2, -0.15) is 13.2 Å². The van der Waals surface area contributed by atoms with Gasteiger partial charge in [0.25, 0.3) is 0 Å². The highest BCUT2D eigenvalue weighted by atomic mass is 35.5. The fraction of sp³-hybridized carbons (Fsp3) is 0.308. The number of methoxy groups -OCH3 is 2. The number of urea groups is 1. The van der Waals surface area contributed by atoms with Crippen LogP contribution < -0.4 is 25.6 Å². The number of hydrogen-bond donors (Lipinski definition) is 3. The number of amides is 2. The van der Waals surface area contributed by atoms with Crippen molar-refractivity contribution in [3.63, 3.8) is 0 Å². The van der Waals surface area contributed by atoms with Gasteiger partial charge in [-0.25, -0.2) is 4.79 Å². The van der Waals surface area contributed by atoms with Crippen LogP contribution in [0.3, 0.4) is 0 Å².